The van der Waals surface area contributed by atoms with Crippen LogP contribution in [0.15, 0.2) is 94.6 Å². The molecule has 0 saturated carbocycles. The second-order valence-corrected chi connectivity index (χ2v) is 7.77. The predicted molar refractivity (Wildman–Crippen MR) is 127 cm³/mol. The number of hydrogen-bond acceptors (Lipinski definition) is 5. The van der Waals surface area contributed by atoms with Crippen LogP contribution in [0.1, 0.15) is 22.0 Å². The van der Waals surface area contributed by atoms with Gasteiger partial charge in [0.2, 0.25) is 5.78 Å². The third kappa shape index (κ3) is 3.81. The van der Waals surface area contributed by atoms with Crippen LogP contribution in [-0.4, -0.2) is 26.5 Å². The van der Waals surface area contributed by atoms with Gasteiger partial charge < -0.3 is 9.72 Å². The van der Waals surface area contributed by atoms with Crippen LogP contribution in [-0.2, 0) is 16.1 Å². The Balaban J connectivity index is 1.48. The second-order valence-electron chi connectivity index (χ2n) is 7.77. The number of ketones is 1. The molecule has 2 N–H and O–H groups in total. The molecule has 0 aliphatic heterocycles. The number of ether oxygens (including phenoxy) is 1. The molecule has 8 nitrogen and oxygen atoms in total. The van der Waals surface area contributed by atoms with Crippen molar-refractivity contribution < 1.29 is 14.3 Å². The van der Waals surface area contributed by atoms with Gasteiger partial charge in [-0.25, -0.2) is 4.68 Å². The standard InChI is InChI=1S/C26H19N3O5/c30-22(15-29-26(33)19-12-5-4-11-18(19)25(32)28-29)34-24(16-8-2-1-3-9-16)23(31)20-14-27-21-13-7-6-10-17(20)21/h1-14,24,27H,15H2,(H,28,32). The largest absolute Gasteiger partial charge is 0.448 e. The Morgan fingerprint density at radius 1 is 0.824 bits per heavy atom. The van der Waals surface area contributed by atoms with Crippen molar-refractivity contribution in [3.63, 3.8) is 0 Å². The Hall–Kier alpha value is -4.72. The first kappa shape index (κ1) is 21.1. The fourth-order valence-electron chi connectivity index (χ4n) is 3.97. The number of nitrogens with one attached hydrogen (secondary N) is 2. The highest BCUT2D eigenvalue weighted by molar-refractivity contribution is 6.10. The molecule has 34 heavy (non-hydrogen) atoms. The van der Waals surface area contributed by atoms with E-state index in [1.807, 2.05) is 24.3 Å². The summed E-state index contributed by atoms with van der Waals surface area (Å²) in [6, 6.07) is 22.3. The van der Waals surface area contributed by atoms with E-state index in [0.717, 1.165) is 10.2 Å². The number of aromatic amines is 2. The fourth-order valence-corrected chi connectivity index (χ4v) is 3.97. The Kier molecular flexibility index (Phi) is 5.39. The first-order valence-corrected chi connectivity index (χ1v) is 10.6. The molecule has 2 aromatic heterocycles. The third-order valence-electron chi connectivity index (χ3n) is 5.62. The van der Waals surface area contributed by atoms with Crippen molar-refractivity contribution in [1.82, 2.24) is 14.8 Å². The van der Waals surface area contributed by atoms with Gasteiger partial charge in [-0.2, -0.15) is 0 Å². The van der Waals surface area contributed by atoms with Gasteiger partial charge in [0.25, 0.3) is 11.1 Å². The smallest absolute Gasteiger partial charge is 0.328 e. The van der Waals surface area contributed by atoms with Gasteiger partial charge in [0.05, 0.1) is 10.8 Å². The van der Waals surface area contributed by atoms with Crippen molar-refractivity contribution in [3.8, 4) is 0 Å². The van der Waals surface area contributed by atoms with E-state index < -0.39 is 35.5 Å². The van der Waals surface area contributed by atoms with Gasteiger partial charge in [0.1, 0.15) is 6.54 Å². The van der Waals surface area contributed by atoms with Crippen molar-refractivity contribution in [1.29, 1.82) is 0 Å². The summed E-state index contributed by atoms with van der Waals surface area (Å²) in [7, 11) is 0. The predicted octanol–water partition coefficient (Wildman–Crippen LogP) is 3.34. The average Bonchev–Trinajstić information content (AvgIpc) is 3.30. The number of rotatable bonds is 6. The summed E-state index contributed by atoms with van der Waals surface area (Å²) in [6.07, 6.45) is 0.359. The zero-order chi connectivity index (χ0) is 23.7. The van der Waals surface area contributed by atoms with Crippen LogP contribution in [0.5, 0.6) is 0 Å². The first-order valence-electron chi connectivity index (χ1n) is 10.6. The van der Waals surface area contributed by atoms with Crippen molar-refractivity contribution in [2.75, 3.05) is 0 Å². The summed E-state index contributed by atoms with van der Waals surface area (Å²) in [5, 5.41) is 3.53. The van der Waals surface area contributed by atoms with Crippen LogP contribution in [0.25, 0.3) is 21.7 Å². The Labute approximate surface area is 192 Å². The van der Waals surface area contributed by atoms with Gasteiger partial charge in [-0.3, -0.25) is 24.3 Å². The Bertz CT molecular complexity index is 1650. The van der Waals surface area contributed by atoms with E-state index in [1.165, 1.54) is 12.1 Å². The van der Waals surface area contributed by atoms with E-state index in [0.29, 0.717) is 16.5 Å². The molecule has 1 atom stereocenters. The molecule has 0 fully saturated rings. The van der Waals surface area contributed by atoms with Crippen LogP contribution in [0.4, 0.5) is 0 Å². The summed E-state index contributed by atoms with van der Waals surface area (Å²) in [6.45, 7) is -0.552. The van der Waals surface area contributed by atoms with Crippen LogP contribution >= 0.6 is 0 Å². The molecule has 0 spiro atoms. The Morgan fingerprint density at radius 3 is 2.24 bits per heavy atom. The zero-order valence-corrected chi connectivity index (χ0v) is 17.9. The molecule has 168 valence electrons. The number of carbonyl (C=O) groups excluding carboxylic acids is 2. The molecule has 0 amide bonds. The van der Waals surface area contributed by atoms with E-state index in [2.05, 4.69) is 10.1 Å². The van der Waals surface area contributed by atoms with Gasteiger partial charge >= 0.3 is 5.97 Å². The molecular formula is C26H19N3O5. The molecule has 8 heteroatoms. The van der Waals surface area contributed by atoms with Gasteiger partial charge in [-0.05, 0) is 18.2 Å². The van der Waals surface area contributed by atoms with Gasteiger partial charge in [-0.15, -0.1) is 0 Å². The molecule has 0 saturated heterocycles. The maximum atomic E-state index is 13.5. The summed E-state index contributed by atoms with van der Waals surface area (Å²) in [5.74, 6) is -1.24. The SMILES string of the molecule is O=C(Cn1[nH]c(=O)c2ccccc2c1=O)OC(C(=O)c1c[nH]c2ccccc12)c1ccccc1. The molecule has 0 radical (unpaired) electrons. The van der Waals surface area contributed by atoms with E-state index in [4.69, 9.17) is 4.74 Å². The van der Waals surface area contributed by atoms with Crippen LogP contribution in [0.2, 0.25) is 0 Å². The average molecular weight is 453 g/mol. The molecule has 5 aromatic rings. The monoisotopic (exact) mass is 453 g/mol. The highest BCUT2D eigenvalue weighted by Gasteiger charge is 2.28. The quantitative estimate of drug-likeness (QED) is 0.302. The summed E-state index contributed by atoms with van der Waals surface area (Å²) < 4.78 is 6.49. The molecule has 0 aliphatic rings. The van der Waals surface area contributed by atoms with Crippen LogP contribution < -0.4 is 11.1 Å². The summed E-state index contributed by atoms with van der Waals surface area (Å²) >= 11 is 0. The molecule has 3 aromatic carbocycles. The van der Waals surface area contributed by atoms with Gasteiger partial charge in [-0.1, -0.05) is 60.7 Å². The third-order valence-corrected chi connectivity index (χ3v) is 5.62. The molecular weight excluding hydrogens is 434 g/mol. The van der Waals surface area contributed by atoms with Crippen LogP contribution in [0.3, 0.4) is 0 Å². The maximum Gasteiger partial charge on any atom is 0.328 e. The van der Waals surface area contributed by atoms with E-state index >= 15 is 0 Å². The molecule has 0 bridgehead atoms. The topological polar surface area (TPSA) is 114 Å². The van der Waals surface area contributed by atoms with Crippen molar-refractivity contribution in [3.05, 3.63) is 117 Å². The number of Topliss-reactive ketones (excluding diaryl/α,β-unsaturated/α-hetero) is 1. The lowest BCUT2D eigenvalue weighted by atomic mass is 9.99. The number of para-hydroxylation sites is 1. The number of fused-ring (bicyclic) bond motifs is 2. The second kappa shape index (κ2) is 8.67. The molecule has 1 unspecified atom stereocenters. The van der Waals surface area contributed by atoms with E-state index in [-0.39, 0.29) is 10.8 Å². The van der Waals surface area contributed by atoms with Crippen LogP contribution in [0, 0.1) is 0 Å². The number of aromatic nitrogens is 3. The lowest BCUT2D eigenvalue weighted by Gasteiger charge is -2.17. The van der Waals surface area contributed by atoms with Crippen molar-refractivity contribution in [2.45, 2.75) is 12.6 Å². The lowest BCUT2D eigenvalue weighted by molar-refractivity contribution is -0.148. The maximum absolute atomic E-state index is 13.5. The molecule has 5 rings (SSSR count). The fraction of sp³-hybridized carbons (Fsp3) is 0.0769. The number of hydrogen-bond donors (Lipinski definition) is 2. The summed E-state index contributed by atoms with van der Waals surface area (Å²) in [4.78, 5) is 54.5. The first-order chi connectivity index (χ1) is 16.5. The minimum Gasteiger partial charge on any atom is -0.448 e. The molecule has 0 aliphatic carbocycles. The zero-order valence-electron chi connectivity index (χ0n) is 17.9. The molecule has 2 heterocycles. The highest BCUT2D eigenvalue weighted by Crippen LogP contribution is 2.27. The number of carbonyl (C=O) groups is 2. The number of esters is 1. The number of benzene rings is 3. The normalized spacial score (nSPS) is 12.0. The minimum absolute atomic E-state index is 0.188. The van der Waals surface area contributed by atoms with E-state index in [9.17, 15) is 19.2 Å². The van der Waals surface area contributed by atoms with Gasteiger partial charge in [0, 0.05) is 28.2 Å². The lowest BCUT2D eigenvalue weighted by Crippen LogP contribution is -2.33. The summed E-state index contributed by atoms with van der Waals surface area (Å²) in [5.41, 5.74) is 0.618. The minimum atomic E-state index is -1.23. The highest BCUT2D eigenvalue weighted by atomic mass is 16.5. The van der Waals surface area contributed by atoms with Gasteiger partial charge in [0.15, 0.2) is 6.10 Å². The van der Waals surface area contributed by atoms with Crippen molar-refractivity contribution >= 4 is 33.4 Å². The Morgan fingerprint density at radius 2 is 1.47 bits per heavy atom. The van der Waals surface area contributed by atoms with E-state index in [1.54, 1.807) is 48.7 Å². The van der Waals surface area contributed by atoms with Crippen molar-refractivity contribution in [2.24, 2.45) is 0 Å². The number of H-pyrrole nitrogens is 2. The number of nitrogens with zero attached hydrogens (tertiary/aromatic N) is 1.